The topological polar surface area (TPSA) is 61.2 Å². The Morgan fingerprint density at radius 2 is 2.07 bits per heavy atom. The highest BCUT2D eigenvalue weighted by molar-refractivity contribution is 6.36. The highest BCUT2D eigenvalue weighted by Crippen LogP contribution is 2.38. The molecule has 1 aliphatic heterocycles. The van der Waals surface area contributed by atoms with Gasteiger partial charge in [-0.25, -0.2) is 0 Å². The molecule has 0 saturated heterocycles. The van der Waals surface area contributed by atoms with E-state index in [2.05, 4.69) is 21.5 Å². The molecule has 0 unspecified atom stereocenters. The van der Waals surface area contributed by atoms with Gasteiger partial charge in [-0.2, -0.15) is 5.10 Å². The number of benzene rings is 2. The minimum atomic E-state index is 0.290. The predicted octanol–water partition coefficient (Wildman–Crippen LogP) is 4.90. The number of ether oxygens (including phenoxy) is 2. The molecule has 1 aliphatic rings. The number of rotatable bonds is 3. The first-order chi connectivity index (χ1) is 13.7. The number of pyridine rings is 1. The largest absolute Gasteiger partial charge is 0.467 e. The van der Waals surface area contributed by atoms with Gasteiger partial charge in [-0.3, -0.25) is 9.67 Å². The summed E-state index contributed by atoms with van der Waals surface area (Å²) in [4.78, 5) is 4.44. The number of hydrogen-bond donors (Lipinski definition) is 1. The van der Waals surface area contributed by atoms with Crippen molar-refractivity contribution in [3.05, 3.63) is 65.3 Å². The van der Waals surface area contributed by atoms with Crippen molar-refractivity contribution in [1.82, 2.24) is 14.8 Å². The molecule has 0 bridgehead atoms. The molecule has 0 amide bonds. The Hall–Kier alpha value is -3.09. The van der Waals surface area contributed by atoms with Gasteiger partial charge < -0.3 is 14.8 Å². The Balaban J connectivity index is 1.54. The van der Waals surface area contributed by atoms with E-state index in [4.69, 9.17) is 21.1 Å². The SMILES string of the molecule is Cn1nc(Nc2cccc(-c3ccc4c(c3)COCO4)c2Cl)c2ncccc21. The zero-order chi connectivity index (χ0) is 19.1. The maximum atomic E-state index is 6.75. The van der Waals surface area contributed by atoms with Crippen molar-refractivity contribution in [2.75, 3.05) is 12.1 Å². The number of nitrogens with one attached hydrogen (secondary N) is 1. The van der Waals surface area contributed by atoms with Crippen LogP contribution in [0.1, 0.15) is 5.56 Å². The first kappa shape index (κ1) is 17.0. The van der Waals surface area contributed by atoms with Gasteiger partial charge >= 0.3 is 0 Å². The van der Waals surface area contributed by atoms with E-state index in [0.29, 0.717) is 24.2 Å². The number of anilines is 2. The number of fused-ring (bicyclic) bond motifs is 2. The normalized spacial score (nSPS) is 13.2. The quantitative estimate of drug-likeness (QED) is 0.537. The van der Waals surface area contributed by atoms with Crippen LogP contribution in [-0.2, 0) is 18.4 Å². The first-order valence-corrected chi connectivity index (χ1v) is 9.25. The molecular formula is C21H17ClN4O2. The van der Waals surface area contributed by atoms with Crippen molar-refractivity contribution in [3.63, 3.8) is 0 Å². The number of halogens is 1. The summed E-state index contributed by atoms with van der Waals surface area (Å²) in [5.74, 6) is 1.52. The van der Waals surface area contributed by atoms with Gasteiger partial charge in [0.1, 0.15) is 11.3 Å². The van der Waals surface area contributed by atoms with Gasteiger partial charge in [0.05, 0.1) is 22.8 Å². The van der Waals surface area contributed by atoms with Crippen LogP contribution < -0.4 is 10.1 Å². The van der Waals surface area contributed by atoms with Crippen molar-refractivity contribution >= 4 is 34.1 Å². The van der Waals surface area contributed by atoms with E-state index in [1.165, 1.54) is 0 Å². The Bertz CT molecular complexity index is 1190. The van der Waals surface area contributed by atoms with Crippen LogP contribution in [0.2, 0.25) is 5.02 Å². The van der Waals surface area contributed by atoms with Crippen LogP contribution in [-0.4, -0.2) is 21.6 Å². The van der Waals surface area contributed by atoms with E-state index >= 15 is 0 Å². The fraction of sp³-hybridized carbons (Fsp3) is 0.143. The third-order valence-corrected chi connectivity index (χ3v) is 5.20. The van der Waals surface area contributed by atoms with E-state index in [-0.39, 0.29) is 0 Å². The fourth-order valence-corrected chi connectivity index (χ4v) is 3.69. The zero-order valence-corrected chi connectivity index (χ0v) is 15.9. The minimum absolute atomic E-state index is 0.290. The lowest BCUT2D eigenvalue weighted by Gasteiger charge is -2.19. The molecule has 4 aromatic rings. The maximum Gasteiger partial charge on any atom is 0.189 e. The lowest BCUT2D eigenvalue weighted by molar-refractivity contribution is -0.0163. The van der Waals surface area contributed by atoms with Gasteiger partial charge in [0, 0.05) is 24.4 Å². The maximum absolute atomic E-state index is 6.75. The summed E-state index contributed by atoms with van der Waals surface area (Å²) in [7, 11) is 1.89. The molecule has 0 radical (unpaired) electrons. The van der Waals surface area contributed by atoms with Crippen molar-refractivity contribution in [1.29, 1.82) is 0 Å². The third-order valence-electron chi connectivity index (χ3n) is 4.79. The van der Waals surface area contributed by atoms with Crippen molar-refractivity contribution in [3.8, 4) is 16.9 Å². The van der Waals surface area contributed by atoms with Gasteiger partial charge in [-0.1, -0.05) is 29.8 Å². The molecule has 2 aromatic heterocycles. The molecular weight excluding hydrogens is 376 g/mol. The summed E-state index contributed by atoms with van der Waals surface area (Å²) < 4.78 is 12.7. The van der Waals surface area contributed by atoms with Crippen LogP contribution in [0.25, 0.3) is 22.2 Å². The predicted molar refractivity (Wildman–Crippen MR) is 109 cm³/mol. The second-order valence-electron chi connectivity index (χ2n) is 6.57. The molecule has 6 nitrogen and oxygen atoms in total. The Morgan fingerprint density at radius 3 is 3.00 bits per heavy atom. The molecule has 7 heteroatoms. The summed E-state index contributed by atoms with van der Waals surface area (Å²) in [5.41, 5.74) is 5.47. The highest BCUT2D eigenvalue weighted by atomic mass is 35.5. The van der Waals surface area contributed by atoms with Gasteiger partial charge in [0.2, 0.25) is 0 Å². The van der Waals surface area contributed by atoms with Crippen molar-refractivity contribution < 1.29 is 9.47 Å². The molecule has 0 fully saturated rings. The van der Waals surface area contributed by atoms with Crippen LogP contribution >= 0.6 is 11.6 Å². The molecule has 0 saturated carbocycles. The van der Waals surface area contributed by atoms with Crippen LogP contribution in [0.3, 0.4) is 0 Å². The van der Waals surface area contributed by atoms with Gasteiger partial charge in [0.15, 0.2) is 12.6 Å². The van der Waals surface area contributed by atoms with Gasteiger partial charge in [0.25, 0.3) is 0 Å². The summed E-state index contributed by atoms with van der Waals surface area (Å²) in [6.45, 7) is 0.822. The van der Waals surface area contributed by atoms with Gasteiger partial charge in [-0.05, 0) is 35.9 Å². The highest BCUT2D eigenvalue weighted by Gasteiger charge is 2.16. The second kappa shape index (κ2) is 6.82. The summed E-state index contributed by atoms with van der Waals surface area (Å²) >= 11 is 6.75. The van der Waals surface area contributed by atoms with E-state index < -0.39 is 0 Å². The molecule has 0 aliphatic carbocycles. The van der Waals surface area contributed by atoms with Crippen molar-refractivity contribution in [2.45, 2.75) is 6.61 Å². The molecule has 2 aromatic carbocycles. The lowest BCUT2D eigenvalue weighted by atomic mass is 10.0. The van der Waals surface area contributed by atoms with E-state index in [1.54, 1.807) is 10.9 Å². The number of aromatic nitrogens is 3. The third kappa shape index (κ3) is 2.87. The monoisotopic (exact) mass is 392 g/mol. The summed E-state index contributed by atoms with van der Waals surface area (Å²) in [6, 6.07) is 15.8. The zero-order valence-electron chi connectivity index (χ0n) is 15.1. The van der Waals surface area contributed by atoms with E-state index in [9.17, 15) is 0 Å². The standard InChI is InChI=1S/C21H17ClN4O2/c1-26-17-6-3-9-23-20(17)21(25-26)24-16-5-2-4-15(19(16)22)13-7-8-18-14(10-13)11-27-12-28-18/h2-10H,11-12H2,1H3,(H,24,25). The number of aryl methyl sites for hydroxylation is 1. The molecule has 140 valence electrons. The smallest absolute Gasteiger partial charge is 0.189 e. The average Bonchev–Trinajstić information content (AvgIpc) is 3.05. The van der Waals surface area contributed by atoms with Crippen LogP contribution in [0.4, 0.5) is 11.5 Å². The van der Waals surface area contributed by atoms with Crippen molar-refractivity contribution in [2.24, 2.45) is 7.05 Å². The van der Waals surface area contributed by atoms with E-state index in [0.717, 1.165) is 39.2 Å². The molecule has 28 heavy (non-hydrogen) atoms. The molecule has 1 N–H and O–H groups in total. The van der Waals surface area contributed by atoms with Crippen LogP contribution in [0.5, 0.6) is 5.75 Å². The number of hydrogen-bond acceptors (Lipinski definition) is 5. The molecule has 5 rings (SSSR count). The average molecular weight is 393 g/mol. The Labute approximate surface area is 166 Å². The second-order valence-corrected chi connectivity index (χ2v) is 6.95. The van der Waals surface area contributed by atoms with Crippen LogP contribution in [0, 0.1) is 0 Å². The van der Waals surface area contributed by atoms with E-state index in [1.807, 2.05) is 49.5 Å². The fourth-order valence-electron chi connectivity index (χ4n) is 3.41. The number of nitrogens with zero attached hydrogens (tertiary/aromatic N) is 3. The first-order valence-electron chi connectivity index (χ1n) is 8.88. The molecule has 3 heterocycles. The summed E-state index contributed by atoms with van der Waals surface area (Å²) in [5, 5.41) is 8.49. The Morgan fingerprint density at radius 1 is 1.14 bits per heavy atom. The van der Waals surface area contributed by atoms with Crippen LogP contribution in [0.15, 0.2) is 54.7 Å². The molecule has 0 atom stereocenters. The Kier molecular flexibility index (Phi) is 4.15. The lowest BCUT2D eigenvalue weighted by Crippen LogP contribution is -2.11. The van der Waals surface area contributed by atoms with Gasteiger partial charge in [-0.15, -0.1) is 0 Å². The summed E-state index contributed by atoms with van der Waals surface area (Å²) in [6.07, 6.45) is 1.75. The molecule has 0 spiro atoms. The minimum Gasteiger partial charge on any atom is -0.467 e.